The second-order valence-electron chi connectivity index (χ2n) is 7.04. The highest BCUT2D eigenvalue weighted by molar-refractivity contribution is 5.65. The smallest absolute Gasteiger partial charge is 0.166 e. The molecule has 2 aromatic rings. The highest BCUT2D eigenvalue weighted by Gasteiger charge is 2.25. The zero-order valence-corrected chi connectivity index (χ0v) is 15.3. The molecule has 0 radical (unpaired) electrons. The first-order chi connectivity index (χ1) is 12.5. The van der Waals surface area contributed by atoms with Crippen LogP contribution < -0.4 is 0 Å². The Labute approximate surface area is 153 Å². The van der Waals surface area contributed by atoms with Crippen molar-refractivity contribution in [2.24, 2.45) is 5.92 Å². The zero-order valence-electron chi connectivity index (χ0n) is 15.3. The fraction of sp³-hybridized carbons (Fsp3) is 0.455. The van der Waals surface area contributed by atoms with Crippen molar-refractivity contribution in [2.75, 3.05) is 6.61 Å². The summed E-state index contributed by atoms with van der Waals surface area (Å²) in [6.45, 7) is 4.57. The van der Waals surface area contributed by atoms with Crippen molar-refractivity contribution >= 4 is 0 Å². The second kappa shape index (κ2) is 8.26. The van der Waals surface area contributed by atoms with E-state index in [1.807, 2.05) is 0 Å². The minimum absolute atomic E-state index is 0.0812. The van der Waals surface area contributed by atoms with Gasteiger partial charge in [0.15, 0.2) is 11.6 Å². The van der Waals surface area contributed by atoms with Crippen LogP contribution in [0.15, 0.2) is 30.3 Å². The van der Waals surface area contributed by atoms with Gasteiger partial charge < -0.3 is 4.74 Å². The fourth-order valence-electron chi connectivity index (χ4n) is 3.73. The maximum atomic E-state index is 14.6. The van der Waals surface area contributed by atoms with Gasteiger partial charge in [-0.2, -0.15) is 0 Å². The molecule has 0 aromatic heterocycles. The van der Waals surface area contributed by atoms with E-state index in [0.29, 0.717) is 35.6 Å². The average molecular weight is 362 g/mol. The molecule has 1 heterocycles. The molecule has 3 rings (SSSR count). The van der Waals surface area contributed by atoms with Gasteiger partial charge in [-0.15, -0.1) is 0 Å². The van der Waals surface area contributed by atoms with Gasteiger partial charge in [0.05, 0.1) is 12.7 Å². The Morgan fingerprint density at radius 2 is 1.81 bits per heavy atom. The molecule has 2 unspecified atom stereocenters. The summed E-state index contributed by atoms with van der Waals surface area (Å²) in [5, 5.41) is 0. The van der Waals surface area contributed by atoms with Crippen LogP contribution in [0.5, 0.6) is 0 Å². The van der Waals surface area contributed by atoms with Crippen molar-refractivity contribution in [3.63, 3.8) is 0 Å². The molecule has 0 saturated carbocycles. The Balaban J connectivity index is 1.82. The maximum absolute atomic E-state index is 14.6. The first-order valence-corrected chi connectivity index (χ1v) is 9.43. The highest BCUT2D eigenvalue weighted by atomic mass is 19.2. The second-order valence-corrected chi connectivity index (χ2v) is 7.04. The van der Waals surface area contributed by atoms with Gasteiger partial charge in [0.25, 0.3) is 0 Å². The predicted molar refractivity (Wildman–Crippen MR) is 97.5 cm³/mol. The third-order valence-corrected chi connectivity index (χ3v) is 5.27. The molecule has 2 atom stereocenters. The van der Waals surface area contributed by atoms with Gasteiger partial charge in [0.2, 0.25) is 0 Å². The van der Waals surface area contributed by atoms with E-state index in [-0.39, 0.29) is 11.7 Å². The van der Waals surface area contributed by atoms with Gasteiger partial charge in [0, 0.05) is 11.1 Å². The number of hydrogen-bond acceptors (Lipinski definition) is 1. The number of halogens is 3. The number of aryl methyl sites for hydroxylation is 1. The summed E-state index contributed by atoms with van der Waals surface area (Å²) < 4.78 is 48.8. The van der Waals surface area contributed by atoms with Crippen LogP contribution in [0.2, 0.25) is 0 Å². The summed E-state index contributed by atoms with van der Waals surface area (Å²) in [6, 6.07) is 7.63. The van der Waals surface area contributed by atoms with Crippen LogP contribution in [0.3, 0.4) is 0 Å². The fourth-order valence-corrected chi connectivity index (χ4v) is 3.73. The molecule has 1 nitrogen and oxygen atoms in total. The normalized spacial score (nSPS) is 20.3. The first kappa shape index (κ1) is 19.0. The molecule has 1 saturated heterocycles. The van der Waals surface area contributed by atoms with E-state index in [1.165, 1.54) is 12.1 Å². The van der Waals surface area contributed by atoms with Crippen molar-refractivity contribution in [1.82, 2.24) is 0 Å². The van der Waals surface area contributed by atoms with E-state index in [2.05, 4.69) is 6.92 Å². The van der Waals surface area contributed by atoms with E-state index in [0.717, 1.165) is 25.7 Å². The van der Waals surface area contributed by atoms with Crippen LogP contribution >= 0.6 is 0 Å². The third-order valence-electron chi connectivity index (χ3n) is 5.27. The third kappa shape index (κ3) is 3.80. The molecule has 0 amide bonds. The Hall–Kier alpha value is -1.81. The van der Waals surface area contributed by atoms with Crippen LogP contribution in [0, 0.1) is 23.4 Å². The lowest BCUT2D eigenvalue weighted by molar-refractivity contribution is -0.0211. The van der Waals surface area contributed by atoms with Crippen LogP contribution in [0.25, 0.3) is 11.1 Å². The quantitative estimate of drug-likeness (QED) is 0.582. The standard InChI is InChI=1S/C22H25F3O/c1-3-5-14-6-11-20(26-13-14)18-10-8-16(12-19(18)23)17-9-7-15(4-2)21(24)22(17)25/h7-10,12,14,20H,3-6,11,13H2,1-2H3. The van der Waals surface area contributed by atoms with Gasteiger partial charge >= 0.3 is 0 Å². The molecule has 1 aliphatic heterocycles. The van der Waals surface area contributed by atoms with Crippen molar-refractivity contribution in [3.8, 4) is 11.1 Å². The van der Waals surface area contributed by atoms with E-state index in [1.54, 1.807) is 25.1 Å². The topological polar surface area (TPSA) is 9.23 Å². The molecular weight excluding hydrogens is 337 g/mol. The van der Waals surface area contributed by atoms with Gasteiger partial charge in [-0.05, 0) is 48.8 Å². The number of benzene rings is 2. The molecule has 1 fully saturated rings. The molecule has 0 N–H and O–H groups in total. The van der Waals surface area contributed by atoms with Crippen LogP contribution in [-0.2, 0) is 11.2 Å². The Morgan fingerprint density at radius 1 is 1.00 bits per heavy atom. The van der Waals surface area contributed by atoms with Gasteiger partial charge in [-0.1, -0.05) is 44.5 Å². The van der Waals surface area contributed by atoms with Crippen molar-refractivity contribution in [1.29, 1.82) is 0 Å². The maximum Gasteiger partial charge on any atom is 0.166 e. The number of ether oxygens (including phenoxy) is 1. The lowest BCUT2D eigenvalue weighted by Crippen LogP contribution is -2.21. The highest BCUT2D eigenvalue weighted by Crippen LogP contribution is 2.35. The monoisotopic (exact) mass is 362 g/mol. The molecular formula is C22H25F3O. The van der Waals surface area contributed by atoms with Crippen molar-refractivity contribution in [3.05, 3.63) is 58.9 Å². The van der Waals surface area contributed by atoms with E-state index >= 15 is 0 Å². The van der Waals surface area contributed by atoms with Gasteiger partial charge in [-0.25, -0.2) is 13.2 Å². The van der Waals surface area contributed by atoms with Gasteiger partial charge in [-0.3, -0.25) is 0 Å². The SMILES string of the molecule is CCCC1CCC(c2ccc(-c3ccc(CC)c(F)c3F)cc2F)OC1. The minimum atomic E-state index is -0.923. The van der Waals surface area contributed by atoms with Gasteiger partial charge in [0.1, 0.15) is 5.82 Å². The Bertz CT molecular complexity index is 764. The molecule has 0 bridgehead atoms. The first-order valence-electron chi connectivity index (χ1n) is 9.43. The van der Waals surface area contributed by atoms with Crippen LogP contribution in [-0.4, -0.2) is 6.61 Å². The number of hydrogen-bond donors (Lipinski definition) is 0. The zero-order chi connectivity index (χ0) is 18.7. The summed E-state index contributed by atoms with van der Waals surface area (Å²) in [5.41, 5.74) is 1.23. The summed E-state index contributed by atoms with van der Waals surface area (Å²) in [7, 11) is 0. The Kier molecular flexibility index (Phi) is 6.02. The molecule has 1 aliphatic rings. The number of rotatable bonds is 5. The lowest BCUT2D eigenvalue weighted by atomic mass is 9.91. The summed E-state index contributed by atoms with van der Waals surface area (Å²) >= 11 is 0. The summed E-state index contributed by atoms with van der Waals surface area (Å²) in [6.07, 6.45) is 4.22. The molecule has 4 heteroatoms. The van der Waals surface area contributed by atoms with Crippen molar-refractivity contribution in [2.45, 2.75) is 52.1 Å². The van der Waals surface area contributed by atoms with Crippen molar-refractivity contribution < 1.29 is 17.9 Å². The molecule has 2 aromatic carbocycles. The van der Waals surface area contributed by atoms with E-state index < -0.39 is 17.5 Å². The van der Waals surface area contributed by atoms with E-state index in [9.17, 15) is 13.2 Å². The minimum Gasteiger partial charge on any atom is -0.373 e. The summed E-state index contributed by atoms with van der Waals surface area (Å²) in [4.78, 5) is 0. The average Bonchev–Trinajstić information content (AvgIpc) is 2.65. The molecule has 0 aliphatic carbocycles. The molecule has 0 spiro atoms. The predicted octanol–water partition coefficient (Wildman–Crippen LogP) is 6.60. The van der Waals surface area contributed by atoms with Crippen LogP contribution in [0.4, 0.5) is 13.2 Å². The lowest BCUT2D eigenvalue weighted by Gasteiger charge is -2.29. The molecule has 140 valence electrons. The van der Waals surface area contributed by atoms with Crippen LogP contribution in [0.1, 0.15) is 56.8 Å². The largest absolute Gasteiger partial charge is 0.373 e. The molecule has 26 heavy (non-hydrogen) atoms. The van der Waals surface area contributed by atoms with E-state index in [4.69, 9.17) is 4.74 Å². The Morgan fingerprint density at radius 3 is 2.42 bits per heavy atom. The summed E-state index contributed by atoms with van der Waals surface area (Å²) in [5.74, 6) is -1.66.